The molecule has 0 saturated carbocycles. The summed E-state index contributed by atoms with van der Waals surface area (Å²) in [4.78, 5) is 21.9. The molecule has 1 amide bonds. The molecule has 0 bridgehead atoms. The average molecular weight is 252 g/mol. The zero-order chi connectivity index (χ0) is 13.7. The largest absolute Gasteiger partial charge is 0.491 e. The van der Waals surface area contributed by atoms with Gasteiger partial charge in [-0.3, -0.25) is 4.79 Å². The molecule has 0 saturated heterocycles. The lowest BCUT2D eigenvalue weighted by molar-refractivity contribution is -0.141. The van der Waals surface area contributed by atoms with Crippen LogP contribution in [0.4, 0.5) is 5.69 Å². The average Bonchev–Trinajstić information content (AvgIpc) is 2.29. The number of aliphatic carboxylic acids is 1. The van der Waals surface area contributed by atoms with Crippen LogP contribution >= 0.6 is 0 Å². The number of nitrogens with two attached hydrogens (primary N) is 1. The van der Waals surface area contributed by atoms with Crippen molar-refractivity contribution in [2.75, 3.05) is 5.32 Å². The highest BCUT2D eigenvalue weighted by Gasteiger charge is 2.20. The van der Waals surface area contributed by atoms with Gasteiger partial charge in [0.15, 0.2) is 6.04 Å². The Morgan fingerprint density at radius 2 is 1.83 bits per heavy atom. The van der Waals surface area contributed by atoms with Crippen molar-refractivity contribution in [2.24, 2.45) is 5.73 Å². The van der Waals surface area contributed by atoms with Crippen molar-refractivity contribution in [2.45, 2.75) is 26.0 Å². The van der Waals surface area contributed by atoms with Crippen LogP contribution in [0.15, 0.2) is 24.3 Å². The third kappa shape index (κ3) is 4.06. The Morgan fingerprint density at radius 3 is 2.28 bits per heavy atom. The smallest absolute Gasteiger partial charge is 0.330 e. The number of carbonyl (C=O) groups excluding carboxylic acids is 1. The van der Waals surface area contributed by atoms with E-state index in [1.165, 1.54) is 0 Å². The summed E-state index contributed by atoms with van der Waals surface area (Å²) in [5, 5.41) is 11.0. The van der Waals surface area contributed by atoms with Gasteiger partial charge in [-0.05, 0) is 38.1 Å². The first kappa shape index (κ1) is 14.0. The molecule has 0 aliphatic rings. The third-order valence-corrected chi connectivity index (χ3v) is 2.04. The minimum absolute atomic E-state index is 0.0610. The molecule has 1 aromatic carbocycles. The first-order valence-corrected chi connectivity index (χ1v) is 5.46. The summed E-state index contributed by atoms with van der Waals surface area (Å²) in [7, 11) is 0. The Bertz CT molecular complexity index is 428. The Kier molecular flexibility index (Phi) is 4.67. The van der Waals surface area contributed by atoms with Gasteiger partial charge in [-0.2, -0.15) is 0 Å². The maximum atomic E-state index is 11.4. The number of carboxylic acids is 1. The molecule has 0 aromatic heterocycles. The summed E-state index contributed by atoms with van der Waals surface area (Å²) in [6.45, 7) is 3.81. The van der Waals surface area contributed by atoms with Gasteiger partial charge in [-0.15, -0.1) is 0 Å². The summed E-state index contributed by atoms with van der Waals surface area (Å²) in [6.07, 6.45) is 0.0610. The van der Waals surface area contributed by atoms with Crippen molar-refractivity contribution in [3.05, 3.63) is 24.3 Å². The van der Waals surface area contributed by atoms with Crippen LogP contribution in [0.5, 0.6) is 5.75 Å². The summed E-state index contributed by atoms with van der Waals surface area (Å²) in [5.74, 6) is -1.46. The van der Waals surface area contributed by atoms with Gasteiger partial charge in [0, 0.05) is 5.69 Å². The fraction of sp³-hybridized carbons (Fsp3) is 0.333. The standard InChI is InChI=1S/C12H16N2O4/c1-7(2)18-9-5-3-8(4-6-9)14-11(15)10(13)12(16)17/h3-7,10H,13H2,1-2H3,(H,14,15)(H,16,17). The van der Waals surface area contributed by atoms with Gasteiger partial charge >= 0.3 is 5.97 Å². The van der Waals surface area contributed by atoms with Crippen molar-refractivity contribution >= 4 is 17.6 Å². The first-order chi connectivity index (χ1) is 8.40. The highest BCUT2D eigenvalue weighted by Crippen LogP contribution is 2.16. The molecule has 1 rings (SSSR count). The van der Waals surface area contributed by atoms with Gasteiger partial charge in [0.05, 0.1) is 6.10 Å². The molecule has 18 heavy (non-hydrogen) atoms. The van der Waals surface area contributed by atoms with E-state index in [2.05, 4.69) is 5.32 Å². The SMILES string of the molecule is CC(C)Oc1ccc(NC(=O)C(N)C(=O)O)cc1. The number of hydrogen-bond donors (Lipinski definition) is 3. The molecular formula is C12H16N2O4. The number of carboxylic acid groups (broad SMARTS) is 1. The number of nitrogens with one attached hydrogen (secondary N) is 1. The summed E-state index contributed by atoms with van der Waals surface area (Å²) >= 11 is 0. The third-order valence-electron chi connectivity index (χ3n) is 2.04. The lowest BCUT2D eigenvalue weighted by Crippen LogP contribution is -2.42. The van der Waals surface area contributed by atoms with Crippen LogP contribution in [-0.4, -0.2) is 29.1 Å². The monoisotopic (exact) mass is 252 g/mol. The second-order valence-corrected chi connectivity index (χ2v) is 4.00. The molecule has 98 valence electrons. The second kappa shape index (κ2) is 6.02. The maximum absolute atomic E-state index is 11.4. The van der Waals surface area contributed by atoms with Crippen molar-refractivity contribution < 1.29 is 19.4 Å². The molecule has 6 heteroatoms. The van der Waals surface area contributed by atoms with Gasteiger partial charge in [0.1, 0.15) is 5.75 Å². The van der Waals surface area contributed by atoms with Crippen molar-refractivity contribution in [3.8, 4) is 5.75 Å². The number of anilines is 1. The number of ether oxygens (including phenoxy) is 1. The van der Waals surface area contributed by atoms with Gasteiger partial charge in [-0.1, -0.05) is 0 Å². The first-order valence-electron chi connectivity index (χ1n) is 5.46. The van der Waals surface area contributed by atoms with E-state index >= 15 is 0 Å². The van der Waals surface area contributed by atoms with Crippen LogP contribution in [0, 0.1) is 0 Å². The summed E-state index contributed by atoms with van der Waals surface area (Å²) in [5.41, 5.74) is 5.63. The number of benzene rings is 1. The topological polar surface area (TPSA) is 102 Å². The highest BCUT2D eigenvalue weighted by molar-refractivity contribution is 6.07. The fourth-order valence-corrected chi connectivity index (χ4v) is 1.22. The van der Waals surface area contributed by atoms with E-state index in [1.54, 1.807) is 24.3 Å². The number of hydrogen-bond acceptors (Lipinski definition) is 4. The van der Waals surface area contributed by atoms with E-state index in [0.717, 1.165) is 0 Å². The zero-order valence-electron chi connectivity index (χ0n) is 10.2. The lowest BCUT2D eigenvalue weighted by Gasteiger charge is -2.11. The molecule has 0 aliphatic heterocycles. The quantitative estimate of drug-likeness (QED) is 0.673. The molecule has 0 radical (unpaired) electrons. The van der Waals surface area contributed by atoms with Crippen molar-refractivity contribution in [3.63, 3.8) is 0 Å². The molecule has 0 spiro atoms. The van der Waals surface area contributed by atoms with Crippen LogP contribution in [0.3, 0.4) is 0 Å². The zero-order valence-corrected chi connectivity index (χ0v) is 10.2. The normalized spacial score (nSPS) is 12.0. The Labute approximate surface area is 105 Å². The van der Waals surface area contributed by atoms with Crippen molar-refractivity contribution in [1.82, 2.24) is 0 Å². The predicted molar refractivity (Wildman–Crippen MR) is 66.4 cm³/mol. The molecule has 1 aromatic rings. The Morgan fingerprint density at radius 1 is 1.28 bits per heavy atom. The number of carbonyl (C=O) groups is 2. The Balaban J connectivity index is 2.64. The molecule has 6 nitrogen and oxygen atoms in total. The minimum atomic E-state index is -1.57. The van der Waals surface area contributed by atoms with E-state index < -0.39 is 17.9 Å². The van der Waals surface area contributed by atoms with E-state index in [4.69, 9.17) is 15.6 Å². The van der Waals surface area contributed by atoms with E-state index in [9.17, 15) is 9.59 Å². The number of amides is 1. The molecular weight excluding hydrogens is 236 g/mol. The second-order valence-electron chi connectivity index (χ2n) is 4.00. The van der Waals surface area contributed by atoms with E-state index in [-0.39, 0.29) is 6.10 Å². The fourth-order valence-electron chi connectivity index (χ4n) is 1.22. The van der Waals surface area contributed by atoms with Gasteiger partial charge in [0.2, 0.25) is 0 Å². The van der Waals surface area contributed by atoms with Crippen LogP contribution in [0.25, 0.3) is 0 Å². The molecule has 4 N–H and O–H groups in total. The highest BCUT2D eigenvalue weighted by atomic mass is 16.5. The Hall–Kier alpha value is -2.08. The maximum Gasteiger partial charge on any atom is 0.330 e. The van der Waals surface area contributed by atoms with E-state index in [0.29, 0.717) is 11.4 Å². The summed E-state index contributed by atoms with van der Waals surface area (Å²) < 4.78 is 5.43. The molecule has 0 heterocycles. The van der Waals surface area contributed by atoms with Crippen LogP contribution in [-0.2, 0) is 9.59 Å². The van der Waals surface area contributed by atoms with Crippen LogP contribution in [0.2, 0.25) is 0 Å². The van der Waals surface area contributed by atoms with Gasteiger partial charge in [0.25, 0.3) is 5.91 Å². The summed E-state index contributed by atoms with van der Waals surface area (Å²) in [6, 6.07) is 5.02. The molecule has 1 unspecified atom stereocenters. The minimum Gasteiger partial charge on any atom is -0.491 e. The van der Waals surface area contributed by atoms with Crippen LogP contribution < -0.4 is 15.8 Å². The van der Waals surface area contributed by atoms with Gasteiger partial charge in [-0.25, -0.2) is 4.79 Å². The van der Waals surface area contributed by atoms with Crippen molar-refractivity contribution in [1.29, 1.82) is 0 Å². The molecule has 1 atom stereocenters. The van der Waals surface area contributed by atoms with E-state index in [1.807, 2.05) is 13.8 Å². The number of rotatable bonds is 5. The lowest BCUT2D eigenvalue weighted by atomic mass is 10.2. The van der Waals surface area contributed by atoms with Gasteiger partial charge < -0.3 is 20.9 Å². The molecule has 0 aliphatic carbocycles. The van der Waals surface area contributed by atoms with Crippen LogP contribution in [0.1, 0.15) is 13.8 Å². The molecule has 0 fully saturated rings. The predicted octanol–water partition coefficient (Wildman–Crippen LogP) is 0.824.